The van der Waals surface area contributed by atoms with Crippen molar-refractivity contribution in [1.82, 2.24) is 14.7 Å². The molecule has 0 aliphatic carbocycles. The topological polar surface area (TPSA) is 42.3 Å². The van der Waals surface area contributed by atoms with E-state index in [1.54, 1.807) is 48.1 Å². The third-order valence-corrected chi connectivity index (χ3v) is 3.82. The molecule has 0 bridgehead atoms. The summed E-state index contributed by atoms with van der Waals surface area (Å²) < 4.78 is 30.9. The maximum atomic E-state index is 12.4. The number of rotatable bonds is 5. The number of aryl methyl sites for hydroxylation is 1. The molecule has 2 rings (SSSR count). The van der Waals surface area contributed by atoms with Gasteiger partial charge in [-0.05, 0) is 24.4 Å². The maximum Gasteiger partial charge on any atom is 0.387 e. The van der Waals surface area contributed by atoms with Gasteiger partial charge in [-0.1, -0.05) is 23.7 Å². The van der Waals surface area contributed by atoms with Gasteiger partial charge in [0, 0.05) is 14.1 Å². The first kappa shape index (κ1) is 17.4. The number of para-hydroxylation sites is 2. The maximum absolute atomic E-state index is 12.4. The largest absolute Gasteiger partial charge is 0.433 e. The molecule has 0 atom stereocenters. The summed E-state index contributed by atoms with van der Waals surface area (Å²) in [4.78, 5) is 1.72. The van der Waals surface area contributed by atoms with E-state index in [2.05, 4.69) is 15.2 Å². The molecule has 0 saturated carbocycles. The molecule has 1 aromatic heterocycles. The Morgan fingerprint density at radius 1 is 1.48 bits per heavy atom. The van der Waals surface area contributed by atoms with Crippen LogP contribution in [0.4, 0.5) is 14.5 Å². The Balaban J connectivity index is 2.07. The number of aromatic nitrogens is 2. The van der Waals surface area contributed by atoms with Crippen molar-refractivity contribution >= 4 is 34.6 Å². The zero-order valence-corrected chi connectivity index (χ0v) is 14.0. The predicted molar refractivity (Wildman–Crippen MR) is 89.0 cm³/mol. The first-order chi connectivity index (χ1) is 10.9. The third-order valence-electron chi connectivity index (χ3n) is 3.09. The number of benzene rings is 1. The van der Waals surface area contributed by atoms with E-state index in [0.717, 1.165) is 5.69 Å². The van der Waals surface area contributed by atoms with Gasteiger partial charge in [0.2, 0.25) is 0 Å². The van der Waals surface area contributed by atoms with Gasteiger partial charge in [0.15, 0.2) is 5.11 Å². The van der Waals surface area contributed by atoms with Crippen molar-refractivity contribution in [2.45, 2.75) is 13.2 Å². The minimum atomic E-state index is -2.91. The van der Waals surface area contributed by atoms with Gasteiger partial charge in [0.1, 0.15) is 5.75 Å². The molecule has 1 N–H and O–H groups in total. The van der Waals surface area contributed by atoms with Crippen LogP contribution in [0.25, 0.3) is 0 Å². The van der Waals surface area contributed by atoms with E-state index in [1.807, 2.05) is 0 Å². The zero-order valence-electron chi connectivity index (χ0n) is 12.5. The van der Waals surface area contributed by atoms with Gasteiger partial charge in [-0.25, -0.2) is 0 Å². The Hall–Kier alpha value is -1.93. The number of ether oxygens (including phenoxy) is 1. The lowest BCUT2D eigenvalue weighted by atomic mass is 10.3. The lowest BCUT2D eigenvalue weighted by Crippen LogP contribution is -2.31. The Morgan fingerprint density at radius 2 is 2.17 bits per heavy atom. The summed E-state index contributed by atoms with van der Waals surface area (Å²) in [6.45, 7) is -2.49. The van der Waals surface area contributed by atoms with Gasteiger partial charge < -0.3 is 15.0 Å². The number of nitrogens with one attached hydrogen (secondary N) is 1. The molecule has 0 unspecified atom stereocenters. The van der Waals surface area contributed by atoms with E-state index in [9.17, 15) is 8.78 Å². The average molecular weight is 361 g/mol. The van der Waals surface area contributed by atoms with E-state index >= 15 is 0 Å². The van der Waals surface area contributed by atoms with Crippen molar-refractivity contribution in [3.05, 3.63) is 41.2 Å². The van der Waals surface area contributed by atoms with Crippen LogP contribution in [0.5, 0.6) is 5.75 Å². The molecular formula is C14H15ClF2N4OS. The SMILES string of the molecule is CN(Cc1c(Cl)cnn1C)C(=S)Nc1ccccc1OC(F)F. The third kappa shape index (κ3) is 4.52. The fourth-order valence-corrected chi connectivity index (χ4v) is 2.29. The molecular weight excluding hydrogens is 346 g/mol. The molecule has 5 nitrogen and oxygen atoms in total. The van der Waals surface area contributed by atoms with Crippen molar-refractivity contribution < 1.29 is 13.5 Å². The van der Waals surface area contributed by atoms with Crippen LogP contribution in [0.2, 0.25) is 5.02 Å². The molecule has 1 aromatic carbocycles. The molecule has 0 fully saturated rings. The van der Waals surface area contributed by atoms with Crippen LogP contribution in [0, 0.1) is 0 Å². The van der Waals surface area contributed by atoms with Gasteiger partial charge >= 0.3 is 6.61 Å². The molecule has 124 valence electrons. The van der Waals surface area contributed by atoms with Gasteiger partial charge in [0.25, 0.3) is 0 Å². The summed E-state index contributed by atoms with van der Waals surface area (Å²) >= 11 is 11.4. The van der Waals surface area contributed by atoms with Crippen molar-refractivity contribution in [1.29, 1.82) is 0 Å². The second-order valence-corrected chi connectivity index (χ2v) is 5.52. The Kier molecular flexibility index (Phi) is 5.73. The number of anilines is 1. The lowest BCUT2D eigenvalue weighted by molar-refractivity contribution is -0.0493. The van der Waals surface area contributed by atoms with Crippen molar-refractivity contribution in [3.8, 4) is 5.75 Å². The van der Waals surface area contributed by atoms with Crippen LogP contribution >= 0.6 is 23.8 Å². The summed E-state index contributed by atoms with van der Waals surface area (Å²) in [5.41, 5.74) is 1.15. The summed E-state index contributed by atoms with van der Waals surface area (Å²) in [5.74, 6) is 0.0248. The molecule has 2 aromatic rings. The molecule has 0 aliphatic rings. The summed E-state index contributed by atoms with van der Waals surface area (Å²) in [6.07, 6.45) is 1.55. The van der Waals surface area contributed by atoms with Crippen molar-refractivity contribution in [2.75, 3.05) is 12.4 Å². The van der Waals surface area contributed by atoms with Crippen LogP contribution in [0.1, 0.15) is 5.69 Å². The molecule has 1 heterocycles. The minimum Gasteiger partial charge on any atom is -0.433 e. The van der Waals surface area contributed by atoms with Crippen molar-refractivity contribution in [3.63, 3.8) is 0 Å². The van der Waals surface area contributed by atoms with Crippen LogP contribution in [-0.2, 0) is 13.6 Å². The Bertz CT molecular complexity index is 676. The summed E-state index contributed by atoms with van der Waals surface area (Å²) in [5, 5.41) is 7.82. The van der Waals surface area contributed by atoms with Gasteiger partial charge in [-0.2, -0.15) is 13.9 Å². The second kappa shape index (κ2) is 7.56. The van der Waals surface area contributed by atoms with Gasteiger partial charge in [-0.3, -0.25) is 4.68 Å². The first-order valence-electron chi connectivity index (χ1n) is 6.61. The minimum absolute atomic E-state index is 0.0248. The first-order valence-corrected chi connectivity index (χ1v) is 7.39. The highest BCUT2D eigenvalue weighted by Gasteiger charge is 2.14. The normalized spacial score (nSPS) is 10.7. The zero-order chi connectivity index (χ0) is 17.0. The second-order valence-electron chi connectivity index (χ2n) is 4.72. The summed E-state index contributed by atoms with van der Waals surface area (Å²) in [7, 11) is 3.53. The Labute approximate surface area is 142 Å². The quantitative estimate of drug-likeness (QED) is 0.826. The fraction of sp³-hybridized carbons (Fsp3) is 0.286. The van der Waals surface area contributed by atoms with Crippen LogP contribution in [-0.4, -0.2) is 33.5 Å². The summed E-state index contributed by atoms with van der Waals surface area (Å²) in [6, 6.07) is 6.34. The molecule has 0 amide bonds. The number of thiocarbonyl (C=S) groups is 1. The van der Waals surface area contributed by atoms with E-state index in [1.165, 1.54) is 6.07 Å². The molecule has 0 saturated heterocycles. The highest BCUT2D eigenvalue weighted by atomic mass is 35.5. The highest BCUT2D eigenvalue weighted by Crippen LogP contribution is 2.26. The van der Waals surface area contributed by atoms with Gasteiger partial charge in [0.05, 0.1) is 29.1 Å². The monoisotopic (exact) mass is 360 g/mol. The van der Waals surface area contributed by atoms with E-state index in [-0.39, 0.29) is 5.75 Å². The average Bonchev–Trinajstić information content (AvgIpc) is 2.80. The van der Waals surface area contributed by atoms with Crippen molar-refractivity contribution in [2.24, 2.45) is 7.05 Å². The van der Waals surface area contributed by atoms with Crippen LogP contribution in [0.3, 0.4) is 0 Å². The van der Waals surface area contributed by atoms with Crippen LogP contribution < -0.4 is 10.1 Å². The fourth-order valence-electron chi connectivity index (χ4n) is 1.89. The molecule has 23 heavy (non-hydrogen) atoms. The molecule has 0 radical (unpaired) electrons. The standard InChI is InChI=1S/C14H15ClF2N4OS/c1-20(8-11-9(15)7-18-21(11)2)14(23)19-10-5-3-4-6-12(10)22-13(16)17/h3-7,13H,8H2,1-2H3,(H,19,23). The number of halogens is 3. The number of nitrogens with zero attached hydrogens (tertiary/aromatic N) is 3. The molecule has 0 aliphatic heterocycles. The molecule has 0 spiro atoms. The highest BCUT2D eigenvalue weighted by molar-refractivity contribution is 7.80. The number of hydrogen-bond donors (Lipinski definition) is 1. The van der Waals surface area contributed by atoms with E-state index in [0.29, 0.717) is 22.4 Å². The molecule has 9 heteroatoms. The van der Waals surface area contributed by atoms with E-state index in [4.69, 9.17) is 23.8 Å². The van der Waals surface area contributed by atoms with Crippen LogP contribution in [0.15, 0.2) is 30.5 Å². The lowest BCUT2D eigenvalue weighted by Gasteiger charge is -2.22. The predicted octanol–water partition coefficient (Wildman–Crippen LogP) is 3.50. The number of hydrogen-bond acceptors (Lipinski definition) is 3. The van der Waals surface area contributed by atoms with E-state index < -0.39 is 6.61 Å². The smallest absolute Gasteiger partial charge is 0.387 e. The Morgan fingerprint density at radius 3 is 2.78 bits per heavy atom. The van der Waals surface area contributed by atoms with Gasteiger partial charge in [-0.15, -0.1) is 0 Å². The number of alkyl halides is 2.